The van der Waals surface area contributed by atoms with Crippen LogP contribution in [0.15, 0.2) is 36.5 Å². The highest BCUT2D eigenvalue weighted by atomic mass is 16.5. The number of para-hydroxylation sites is 1. The SMILES string of the molecule is CNC(c1cccc2cccnc12)C1CN(C)CCO1. The average Bonchev–Trinajstić information content (AvgIpc) is 2.48. The molecule has 1 aliphatic heterocycles. The van der Waals surface area contributed by atoms with E-state index in [1.165, 1.54) is 10.9 Å². The van der Waals surface area contributed by atoms with Crippen LogP contribution in [0.25, 0.3) is 10.9 Å². The number of pyridine rings is 1. The second kappa shape index (κ2) is 5.87. The Hall–Kier alpha value is -1.49. The van der Waals surface area contributed by atoms with Crippen LogP contribution in [0.2, 0.25) is 0 Å². The molecule has 1 N–H and O–H groups in total. The summed E-state index contributed by atoms with van der Waals surface area (Å²) in [4.78, 5) is 6.87. The lowest BCUT2D eigenvalue weighted by Gasteiger charge is -2.35. The molecule has 1 aromatic heterocycles. The zero-order valence-electron chi connectivity index (χ0n) is 12.0. The van der Waals surface area contributed by atoms with Crippen molar-refractivity contribution in [2.75, 3.05) is 33.8 Å². The molecule has 20 heavy (non-hydrogen) atoms. The van der Waals surface area contributed by atoms with Crippen molar-refractivity contribution in [3.05, 3.63) is 42.1 Å². The molecule has 2 aromatic rings. The largest absolute Gasteiger partial charge is 0.374 e. The number of benzene rings is 1. The van der Waals surface area contributed by atoms with E-state index in [0.29, 0.717) is 0 Å². The lowest BCUT2D eigenvalue weighted by Crippen LogP contribution is -2.46. The number of nitrogens with one attached hydrogen (secondary N) is 1. The average molecular weight is 271 g/mol. The molecular weight excluding hydrogens is 250 g/mol. The van der Waals surface area contributed by atoms with E-state index >= 15 is 0 Å². The molecule has 3 rings (SSSR count). The molecule has 2 heterocycles. The second-order valence-corrected chi connectivity index (χ2v) is 5.36. The molecular formula is C16H21N3O. The van der Waals surface area contributed by atoms with E-state index in [1.807, 2.05) is 19.3 Å². The first-order valence-corrected chi connectivity index (χ1v) is 7.10. The Bertz CT molecular complexity index is 581. The Morgan fingerprint density at radius 1 is 1.35 bits per heavy atom. The molecule has 1 saturated heterocycles. The van der Waals surface area contributed by atoms with Gasteiger partial charge in [0.15, 0.2) is 0 Å². The Morgan fingerprint density at radius 2 is 2.20 bits per heavy atom. The van der Waals surface area contributed by atoms with E-state index in [1.54, 1.807) is 0 Å². The number of nitrogens with zero attached hydrogens (tertiary/aromatic N) is 2. The summed E-state index contributed by atoms with van der Waals surface area (Å²) in [6, 6.07) is 10.6. The van der Waals surface area contributed by atoms with E-state index in [0.717, 1.165) is 25.2 Å². The van der Waals surface area contributed by atoms with E-state index in [2.05, 4.69) is 46.5 Å². The van der Waals surface area contributed by atoms with Gasteiger partial charge in [-0.3, -0.25) is 4.98 Å². The van der Waals surface area contributed by atoms with Crippen molar-refractivity contribution in [3.8, 4) is 0 Å². The van der Waals surface area contributed by atoms with Crippen LogP contribution in [-0.2, 0) is 4.74 Å². The molecule has 0 spiro atoms. The maximum atomic E-state index is 5.97. The molecule has 2 atom stereocenters. The minimum atomic E-state index is 0.159. The van der Waals surface area contributed by atoms with Gasteiger partial charge in [-0.1, -0.05) is 24.3 Å². The number of likely N-dealkylation sites (N-methyl/N-ethyl adjacent to an activating group) is 2. The van der Waals surface area contributed by atoms with Crippen molar-refractivity contribution < 1.29 is 4.74 Å². The molecule has 1 aromatic carbocycles. The number of hydrogen-bond donors (Lipinski definition) is 1. The smallest absolute Gasteiger partial charge is 0.0897 e. The molecule has 0 saturated carbocycles. The van der Waals surface area contributed by atoms with Gasteiger partial charge < -0.3 is 15.0 Å². The third-order valence-electron chi connectivity index (χ3n) is 3.98. The van der Waals surface area contributed by atoms with Crippen molar-refractivity contribution in [3.63, 3.8) is 0 Å². The Labute approximate surface area is 119 Å². The highest BCUT2D eigenvalue weighted by Crippen LogP contribution is 2.27. The summed E-state index contributed by atoms with van der Waals surface area (Å²) in [5.74, 6) is 0. The molecule has 4 nitrogen and oxygen atoms in total. The number of hydrogen-bond acceptors (Lipinski definition) is 4. The van der Waals surface area contributed by atoms with Crippen LogP contribution in [0.5, 0.6) is 0 Å². The highest BCUT2D eigenvalue weighted by Gasteiger charge is 2.28. The van der Waals surface area contributed by atoms with Crippen molar-refractivity contribution in [1.29, 1.82) is 0 Å². The molecule has 1 aliphatic rings. The van der Waals surface area contributed by atoms with Crippen LogP contribution in [0, 0.1) is 0 Å². The van der Waals surface area contributed by atoms with Crippen LogP contribution in [0.4, 0.5) is 0 Å². The lowest BCUT2D eigenvalue weighted by atomic mass is 9.97. The van der Waals surface area contributed by atoms with Gasteiger partial charge in [0, 0.05) is 24.7 Å². The van der Waals surface area contributed by atoms with Crippen LogP contribution in [0.3, 0.4) is 0 Å². The standard InChI is InChI=1S/C16H21N3O/c1-17-16(14-11-19(2)9-10-20-14)13-7-3-5-12-6-4-8-18-15(12)13/h3-8,14,16-17H,9-11H2,1-2H3. The number of ether oxygens (including phenoxy) is 1. The zero-order valence-corrected chi connectivity index (χ0v) is 12.0. The van der Waals surface area contributed by atoms with Crippen molar-refractivity contribution in [2.45, 2.75) is 12.1 Å². The number of rotatable bonds is 3. The molecule has 0 bridgehead atoms. The maximum absolute atomic E-state index is 5.97. The van der Waals surface area contributed by atoms with Crippen molar-refractivity contribution in [1.82, 2.24) is 15.2 Å². The molecule has 0 radical (unpaired) electrons. The van der Waals surface area contributed by atoms with Gasteiger partial charge in [-0.15, -0.1) is 0 Å². The van der Waals surface area contributed by atoms with E-state index in [9.17, 15) is 0 Å². The summed E-state index contributed by atoms with van der Waals surface area (Å²) in [7, 11) is 4.13. The summed E-state index contributed by atoms with van der Waals surface area (Å²) in [6.07, 6.45) is 2.01. The summed E-state index contributed by atoms with van der Waals surface area (Å²) in [5, 5.41) is 4.58. The molecule has 0 amide bonds. The van der Waals surface area contributed by atoms with Crippen LogP contribution in [-0.4, -0.2) is 49.8 Å². The molecule has 0 aliphatic carbocycles. The second-order valence-electron chi connectivity index (χ2n) is 5.36. The first-order valence-electron chi connectivity index (χ1n) is 7.10. The van der Waals surface area contributed by atoms with E-state index in [4.69, 9.17) is 4.74 Å². The quantitative estimate of drug-likeness (QED) is 0.924. The first-order chi connectivity index (χ1) is 9.79. The van der Waals surface area contributed by atoms with Crippen molar-refractivity contribution >= 4 is 10.9 Å². The van der Waals surface area contributed by atoms with Gasteiger partial charge in [-0.25, -0.2) is 0 Å². The lowest BCUT2D eigenvalue weighted by molar-refractivity contribution is -0.0378. The fraction of sp³-hybridized carbons (Fsp3) is 0.438. The van der Waals surface area contributed by atoms with E-state index < -0.39 is 0 Å². The first kappa shape index (κ1) is 13.5. The normalized spacial score (nSPS) is 22.0. The maximum Gasteiger partial charge on any atom is 0.0897 e. The predicted molar refractivity (Wildman–Crippen MR) is 80.8 cm³/mol. The molecule has 4 heteroatoms. The summed E-state index contributed by atoms with van der Waals surface area (Å²) >= 11 is 0. The Kier molecular flexibility index (Phi) is 3.96. The third kappa shape index (κ3) is 2.54. The summed E-state index contributed by atoms with van der Waals surface area (Å²) in [5.41, 5.74) is 2.28. The molecule has 106 valence electrons. The number of aromatic nitrogens is 1. The van der Waals surface area contributed by atoms with Crippen LogP contribution < -0.4 is 5.32 Å². The molecule has 2 unspecified atom stereocenters. The predicted octanol–water partition coefficient (Wildman–Crippen LogP) is 1.83. The minimum Gasteiger partial charge on any atom is -0.374 e. The zero-order chi connectivity index (χ0) is 13.9. The summed E-state index contributed by atoms with van der Waals surface area (Å²) < 4.78 is 5.97. The Balaban J connectivity index is 1.98. The summed E-state index contributed by atoms with van der Waals surface area (Å²) in [6.45, 7) is 2.73. The third-order valence-corrected chi connectivity index (χ3v) is 3.98. The highest BCUT2D eigenvalue weighted by molar-refractivity contribution is 5.82. The number of fused-ring (bicyclic) bond motifs is 1. The number of morpholine rings is 1. The van der Waals surface area contributed by atoms with Crippen LogP contribution >= 0.6 is 0 Å². The minimum absolute atomic E-state index is 0.159. The fourth-order valence-electron chi connectivity index (χ4n) is 2.93. The monoisotopic (exact) mass is 271 g/mol. The van der Waals surface area contributed by atoms with Gasteiger partial charge in [0.1, 0.15) is 0 Å². The van der Waals surface area contributed by atoms with Crippen molar-refractivity contribution in [2.24, 2.45) is 0 Å². The van der Waals surface area contributed by atoms with Gasteiger partial charge in [0.25, 0.3) is 0 Å². The van der Waals surface area contributed by atoms with Gasteiger partial charge >= 0.3 is 0 Å². The fourth-order valence-corrected chi connectivity index (χ4v) is 2.93. The topological polar surface area (TPSA) is 37.4 Å². The Morgan fingerprint density at radius 3 is 3.00 bits per heavy atom. The van der Waals surface area contributed by atoms with Gasteiger partial charge in [0.2, 0.25) is 0 Å². The van der Waals surface area contributed by atoms with Gasteiger partial charge in [-0.05, 0) is 25.7 Å². The van der Waals surface area contributed by atoms with Gasteiger partial charge in [-0.2, -0.15) is 0 Å². The molecule has 1 fully saturated rings. The van der Waals surface area contributed by atoms with Crippen LogP contribution in [0.1, 0.15) is 11.6 Å². The van der Waals surface area contributed by atoms with Gasteiger partial charge in [0.05, 0.1) is 24.3 Å². The van der Waals surface area contributed by atoms with E-state index in [-0.39, 0.29) is 12.1 Å².